The van der Waals surface area contributed by atoms with Crippen molar-refractivity contribution in [2.24, 2.45) is 0 Å². The van der Waals surface area contributed by atoms with E-state index in [1.165, 1.54) is 12.1 Å². The molecular formula is C11H10N4O3. The minimum absolute atomic E-state index is 0.200. The van der Waals surface area contributed by atoms with Gasteiger partial charge in [-0.1, -0.05) is 0 Å². The van der Waals surface area contributed by atoms with Gasteiger partial charge in [0, 0.05) is 32.0 Å². The molecule has 1 aromatic heterocycles. The number of ketones is 1. The predicted octanol–water partition coefficient (Wildman–Crippen LogP) is 1.03. The van der Waals surface area contributed by atoms with Crippen LogP contribution >= 0.6 is 0 Å². The summed E-state index contributed by atoms with van der Waals surface area (Å²) >= 11 is 0. The first-order valence-electron chi connectivity index (χ1n) is 5.44. The molecule has 1 aliphatic rings. The summed E-state index contributed by atoms with van der Waals surface area (Å²) in [5.74, 6) is 0.707. The predicted molar refractivity (Wildman–Crippen MR) is 62.1 cm³/mol. The molecule has 0 unspecified atom stereocenters. The van der Waals surface area contributed by atoms with Crippen LogP contribution in [0.25, 0.3) is 0 Å². The molecule has 92 valence electrons. The Balaban J connectivity index is 2.28. The van der Waals surface area contributed by atoms with Crippen LogP contribution < -0.4 is 4.90 Å². The molecule has 7 heteroatoms. The Bertz CT molecular complexity index is 540. The molecule has 1 saturated heterocycles. The molecular weight excluding hydrogens is 236 g/mol. The van der Waals surface area contributed by atoms with E-state index in [-0.39, 0.29) is 17.2 Å². The first-order valence-corrected chi connectivity index (χ1v) is 5.44. The Labute approximate surface area is 103 Å². The number of nitro groups is 1. The zero-order valence-electron chi connectivity index (χ0n) is 9.50. The van der Waals surface area contributed by atoms with Crippen LogP contribution in [0.5, 0.6) is 0 Å². The SMILES string of the molecule is N#Cc1nc(N2CCC(=O)CC2)ccc1[N+](=O)[O-]. The number of anilines is 1. The summed E-state index contributed by atoms with van der Waals surface area (Å²) in [6.45, 7) is 1.07. The summed E-state index contributed by atoms with van der Waals surface area (Å²) in [5.41, 5.74) is -0.497. The topological polar surface area (TPSA) is 100 Å². The summed E-state index contributed by atoms with van der Waals surface area (Å²) in [6, 6.07) is 4.50. The molecule has 18 heavy (non-hydrogen) atoms. The number of hydrogen-bond acceptors (Lipinski definition) is 6. The zero-order chi connectivity index (χ0) is 13.1. The minimum atomic E-state index is -0.630. The van der Waals surface area contributed by atoms with Crippen molar-refractivity contribution in [3.63, 3.8) is 0 Å². The third kappa shape index (κ3) is 2.27. The first kappa shape index (κ1) is 12.0. The number of Topliss-reactive ketones (excluding diaryl/α,β-unsaturated/α-hetero) is 1. The average molecular weight is 246 g/mol. The van der Waals surface area contributed by atoms with Crippen LogP contribution in [-0.2, 0) is 4.79 Å². The van der Waals surface area contributed by atoms with E-state index >= 15 is 0 Å². The van der Waals surface area contributed by atoms with Crippen molar-refractivity contribution in [1.29, 1.82) is 5.26 Å². The summed E-state index contributed by atoms with van der Waals surface area (Å²) in [4.78, 5) is 27.0. The lowest BCUT2D eigenvalue weighted by Crippen LogP contribution is -2.34. The largest absolute Gasteiger partial charge is 0.356 e. The van der Waals surface area contributed by atoms with Gasteiger partial charge in [0.15, 0.2) is 0 Å². The molecule has 7 nitrogen and oxygen atoms in total. The molecule has 1 aromatic rings. The quantitative estimate of drug-likeness (QED) is 0.570. The molecule has 0 aliphatic carbocycles. The number of aromatic nitrogens is 1. The third-order valence-electron chi connectivity index (χ3n) is 2.81. The molecule has 0 N–H and O–H groups in total. The Morgan fingerprint density at radius 3 is 2.61 bits per heavy atom. The van der Waals surface area contributed by atoms with Gasteiger partial charge in [-0.25, -0.2) is 4.98 Å². The zero-order valence-corrected chi connectivity index (χ0v) is 9.50. The molecule has 0 radical (unpaired) electrons. The number of nitriles is 1. The Morgan fingerprint density at radius 1 is 1.39 bits per heavy atom. The van der Waals surface area contributed by atoms with Crippen LogP contribution in [0.15, 0.2) is 12.1 Å². The lowest BCUT2D eigenvalue weighted by atomic mass is 10.1. The van der Waals surface area contributed by atoms with Crippen molar-refractivity contribution < 1.29 is 9.72 Å². The Hall–Kier alpha value is -2.49. The molecule has 0 aromatic carbocycles. The van der Waals surface area contributed by atoms with Gasteiger partial charge in [-0.2, -0.15) is 5.26 Å². The highest BCUT2D eigenvalue weighted by Crippen LogP contribution is 2.22. The fourth-order valence-corrected chi connectivity index (χ4v) is 1.83. The van der Waals surface area contributed by atoms with E-state index in [0.29, 0.717) is 31.7 Å². The number of piperidine rings is 1. The smallest absolute Gasteiger partial charge is 0.305 e. The highest BCUT2D eigenvalue weighted by molar-refractivity contribution is 5.80. The van der Waals surface area contributed by atoms with Gasteiger partial charge in [-0.15, -0.1) is 0 Å². The number of pyridine rings is 1. The van der Waals surface area contributed by atoms with Crippen LogP contribution in [0.3, 0.4) is 0 Å². The van der Waals surface area contributed by atoms with E-state index in [1.807, 2.05) is 4.90 Å². The van der Waals surface area contributed by atoms with E-state index < -0.39 is 4.92 Å². The molecule has 0 spiro atoms. The third-order valence-corrected chi connectivity index (χ3v) is 2.81. The number of carbonyl (C=O) groups excluding carboxylic acids is 1. The highest BCUT2D eigenvalue weighted by Gasteiger charge is 2.21. The molecule has 0 saturated carbocycles. The van der Waals surface area contributed by atoms with Crippen LogP contribution in [0.1, 0.15) is 18.5 Å². The molecule has 2 heterocycles. The van der Waals surface area contributed by atoms with Gasteiger partial charge in [0.1, 0.15) is 17.7 Å². The van der Waals surface area contributed by atoms with Crippen molar-refractivity contribution in [3.8, 4) is 6.07 Å². The number of carbonyl (C=O) groups is 1. The molecule has 2 rings (SSSR count). The maximum atomic E-state index is 11.1. The van der Waals surface area contributed by atoms with Crippen molar-refractivity contribution in [2.45, 2.75) is 12.8 Å². The van der Waals surface area contributed by atoms with E-state index in [0.717, 1.165) is 0 Å². The maximum Gasteiger partial charge on any atom is 0.305 e. The number of hydrogen-bond donors (Lipinski definition) is 0. The lowest BCUT2D eigenvalue weighted by molar-refractivity contribution is -0.385. The van der Waals surface area contributed by atoms with Gasteiger partial charge >= 0.3 is 5.69 Å². The van der Waals surface area contributed by atoms with Crippen LogP contribution in [0.4, 0.5) is 11.5 Å². The standard InChI is InChI=1S/C11H10N4O3/c12-7-9-10(15(17)18)1-2-11(13-9)14-5-3-8(16)4-6-14/h1-2H,3-6H2. The second kappa shape index (κ2) is 4.79. The van der Waals surface area contributed by atoms with Crippen LogP contribution in [-0.4, -0.2) is 28.8 Å². The minimum Gasteiger partial charge on any atom is -0.356 e. The van der Waals surface area contributed by atoms with Crippen LogP contribution in [0.2, 0.25) is 0 Å². The summed E-state index contributed by atoms with van der Waals surface area (Å²) in [6.07, 6.45) is 0.890. The number of nitrogens with zero attached hydrogens (tertiary/aromatic N) is 4. The van der Waals surface area contributed by atoms with E-state index in [2.05, 4.69) is 4.98 Å². The fraction of sp³-hybridized carbons (Fsp3) is 0.364. The second-order valence-electron chi connectivity index (χ2n) is 3.93. The first-order chi connectivity index (χ1) is 8.61. The van der Waals surface area contributed by atoms with Gasteiger partial charge in [-0.05, 0) is 6.07 Å². The van der Waals surface area contributed by atoms with Gasteiger partial charge in [0.05, 0.1) is 4.92 Å². The van der Waals surface area contributed by atoms with Gasteiger partial charge in [-0.3, -0.25) is 14.9 Å². The van der Waals surface area contributed by atoms with E-state index in [4.69, 9.17) is 5.26 Å². The Morgan fingerprint density at radius 2 is 2.06 bits per heavy atom. The van der Waals surface area contributed by atoms with Crippen molar-refractivity contribution in [1.82, 2.24) is 4.98 Å². The lowest BCUT2D eigenvalue weighted by Gasteiger charge is -2.26. The normalized spacial score (nSPS) is 15.3. The van der Waals surface area contributed by atoms with Crippen molar-refractivity contribution in [3.05, 3.63) is 27.9 Å². The second-order valence-corrected chi connectivity index (χ2v) is 3.93. The van der Waals surface area contributed by atoms with Crippen molar-refractivity contribution >= 4 is 17.3 Å². The molecule has 1 fully saturated rings. The molecule has 0 atom stereocenters. The van der Waals surface area contributed by atoms with Gasteiger partial charge in [0.25, 0.3) is 0 Å². The molecule has 0 amide bonds. The Kier molecular flexibility index (Phi) is 3.19. The molecule has 1 aliphatic heterocycles. The van der Waals surface area contributed by atoms with E-state index in [1.54, 1.807) is 6.07 Å². The maximum absolute atomic E-state index is 11.1. The number of rotatable bonds is 2. The van der Waals surface area contributed by atoms with Crippen molar-refractivity contribution in [2.75, 3.05) is 18.0 Å². The monoisotopic (exact) mass is 246 g/mol. The highest BCUT2D eigenvalue weighted by atomic mass is 16.6. The molecule has 0 bridgehead atoms. The van der Waals surface area contributed by atoms with Gasteiger partial charge < -0.3 is 4.90 Å². The summed E-state index contributed by atoms with van der Waals surface area (Å²) in [7, 11) is 0. The van der Waals surface area contributed by atoms with Gasteiger partial charge in [0.2, 0.25) is 5.69 Å². The summed E-state index contributed by atoms with van der Waals surface area (Å²) in [5, 5.41) is 19.5. The average Bonchev–Trinajstić information content (AvgIpc) is 2.38. The summed E-state index contributed by atoms with van der Waals surface area (Å²) < 4.78 is 0. The van der Waals surface area contributed by atoms with E-state index in [9.17, 15) is 14.9 Å². The van der Waals surface area contributed by atoms with Crippen LogP contribution in [0, 0.1) is 21.4 Å². The fourth-order valence-electron chi connectivity index (χ4n) is 1.83.